The molecule has 0 amide bonds. The fourth-order valence-electron chi connectivity index (χ4n) is 1.82. The number of rotatable bonds is 8. The van der Waals surface area contributed by atoms with Crippen LogP contribution in [0, 0.1) is 10.1 Å². The molecule has 0 heterocycles. The molecule has 2 aromatic rings. The van der Waals surface area contributed by atoms with Crippen LogP contribution in [-0.2, 0) is 22.7 Å². The van der Waals surface area contributed by atoms with E-state index in [-0.39, 0.29) is 13.2 Å². The summed E-state index contributed by atoms with van der Waals surface area (Å²) in [7, 11) is 0. The summed E-state index contributed by atoms with van der Waals surface area (Å²) in [4.78, 5) is 8.36. The highest BCUT2D eigenvalue weighted by Crippen LogP contribution is 2.03. The predicted octanol–water partition coefficient (Wildman–Crippen LogP) is 2.43. The molecule has 0 bridgehead atoms. The van der Waals surface area contributed by atoms with Crippen LogP contribution in [0.3, 0.4) is 0 Å². The molecule has 0 aliphatic carbocycles. The van der Waals surface area contributed by atoms with E-state index in [1.54, 1.807) is 0 Å². The second-order valence-electron chi connectivity index (χ2n) is 4.89. The van der Waals surface area contributed by atoms with Crippen LogP contribution in [0.15, 0.2) is 60.7 Å². The van der Waals surface area contributed by atoms with E-state index >= 15 is 0 Å². The molecule has 7 heteroatoms. The summed E-state index contributed by atoms with van der Waals surface area (Å²) in [6.45, 7) is 1.58. The van der Waals surface area contributed by atoms with Crippen LogP contribution in [0.25, 0.3) is 0 Å². The molecule has 0 radical (unpaired) electrons. The van der Waals surface area contributed by atoms with E-state index in [4.69, 9.17) is 24.8 Å². The lowest BCUT2D eigenvalue weighted by molar-refractivity contribution is -0.742. The van der Waals surface area contributed by atoms with Gasteiger partial charge in [0.15, 0.2) is 0 Å². The minimum Gasteiger partial charge on any atom is -0.388 e. The Bertz CT molecular complexity index is 514. The van der Waals surface area contributed by atoms with Crippen molar-refractivity contribution in [3.63, 3.8) is 0 Å². The fraction of sp³-hybridized carbons (Fsp3) is 0.294. The van der Waals surface area contributed by atoms with Crippen LogP contribution in [0.5, 0.6) is 0 Å². The molecule has 7 nitrogen and oxygen atoms in total. The molecule has 0 saturated heterocycles. The summed E-state index contributed by atoms with van der Waals surface area (Å²) in [6.07, 6.45) is -0.595. The van der Waals surface area contributed by atoms with Gasteiger partial charge in [-0.1, -0.05) is 60.7 Å². The molecule has 0 aliphatic heterocycles. The quantitative estimate of drug-likeness (QED) is 0.567. The number of aliphatic hydroxyl groups excluding tert-OH is 1. The second kappa shape index (κ2) is 12.0. The first kappa shape index (κ1) is 19.6. The van der Waals surface area contributed by atoms with Crippen molar-refractivity contribution in [3.8, 4) is 0 Å². The van der Waals surface area contributed by atoms with Crippen molar-refractivity contribution in [2.45, 2.75) is 19.3 Å². The van der Waals surface area contributed by atoms with Crippen molar-refractivity contribution in [1.82, 2.24) is 0 Å². The Morgan fingerprint density at radius 3 is 1.54 bits per heavy atom. The van der Waals surface area contributed by atoms with Crippen molar-refractivity contribution < 1.29 is 24.9 Å². The van der Waals surface area contributed by atoms with Gasteiger partial charge in [0, 0.05) is 0 Å². The van der Waals surface area contributed by atoms with E-state index in [1.807, 2.05) is 60.7 Å². The van der Waals surface area contributed by atoms with Crippen molar-refractivity contribution >= 4 is 0 Å². The second-order valence-corrected chi connectivity index (χ2v) is 4.89. The molecule has 0 saturated carbocycles. The van der Waals surface area contributed by atoms with Crippen LogP contribution >= 0.6 is 0 Å². The predicted molar refractivity (Wildman–Crippen MR) is 87.0 cm³/mol. The fourth-order valence-corrected chi connectivity index (χ4v) is 1.82. The van der Waals surface area contributed by atoms with E-state index in [0.29, 0.717) is 13.2 Å². The average Bonchev–Trinajstić information content (AvgIpc) is 2.56. The van der Waals surface area contributed by atoms with Crippen LogP contribution in [0.4, 0.5) is 0 Å². The molecule has 0 spiro atoms. The zero-order valence-electron chi connectivity index (χ0n) is 13.2. The highest BCUT2D eigenvalue weighted by Gasteiger charge is 2.05. The Morgan fingerprint density at radius 1 is 0.875 bits per heavy atom. The van der Waals surface area contributed by atoms with Crippen molar-refractivity contribution in [3.05, 3.63) is 81.9 Å². The van der Waals surface area contributed by atoms with Crippen molar-refractivity contribution in [1.29, 1.82) is 0 Å². The van der Waals surface area contributed by atoms with Gasteiger partial charge in [0.25, 0.3) is 5.09 Å². The van der Waals surface area contributed by atoms with Gasteiger partial charge in [0.05, 0.1) is 26.4 Å². The third-order valence-corrected chi connectivity index (χ3v) is 2.84. The maximum absolute atomic E-state index is 9.76. The van der Waals surface area contributed by atoms with Crippen molar-refractivity contribution in [2.24, 2.45) is 0 Å². The first-order valence-electron chi connectivity index (χ1n) is 7.32. The number of benzene rings is 2. The lowest BCUT2D eigenvalue weighted by atomic mass is 10.2. The summed E-state index contributed by atoms with van der Waals surface area (Å²) >= 11 is 0. The maximum Gasteiger partial charge on any atom is 0.291 e. The van der Waals surface area contributed by atoms with E-state index in [1.165, 1.54) is 0 Å². The van der Waals surface area contributed by atoms with E-state index in [9.17, 15) is 5.11 Å². The standard InChI is InChI=1S/C17H20O3.HNO3/c18-17(13-19-11-15-7-3-1-4-8-15)14-20-12-16-9-5-2-6-10-16;2-1(3)4/h1-10,17-18H,11-14H2;(H,2,3,4). The van der Waals surface area contributed by atoms with Gasteiger partial charge in [0.2, 0.25) is 0 Å². The van der Waals surface area contributed by atoms with Gasteiger partial charge in [0.1, 0.15) is 6.10 Å². The van der Waals surface area contributed by atoms with Crippen LogP contribution in [-0.4, -0.2) is 34.7 Å². The molecule has 2 N–H and O–H groups in total. The zero-order chi connectivity index (χ0) is 17.6. The Kier molecular flexibility index (Phi) is 9.79. The lowest BCUT2D eigenvalue weighted by Gasteiger charge is -2.12. The minimum absolute atomic E-state index is 0.281. The van der Waals surface area contributed by atoms with Gasteiger partial charge in [-0.05, 0) is 11.1 Å². The molecule has 0 aliphatic rings. The number of aliphatic hydroxyl groups is 1. The van der Waals surface area contributed by atoms with Crippen LogP contribution < -0.4 is 0 Å². The van der Waals surface area contributed by atoms with E-state index < -0.39 is 11.2 Å². The van der Waals surface area contributed by atoms with Gasteiger partial charge < -0.3 is 19.8 Å². The summed E-state index contributed by atoms with van der Waals surface area (Å²) < 4.78 is 10.9. The molecular weight excluding hydrogens is 314 g/mol. The Hall–Kier alpha value is -2.48. The van der Waals surface area contributed by atoms with Gasteiger partial charge in [-0.25, -0.2) is 0 Å². The smallest absolute Gasteiger partial charge is 0.291 e. The average molecular weight is 335 g/mol. The molecule has 2 rings (SSSR count). The molecule has 0 fully saturated rings. The Labute approximate surface area is 140 Å². The normalized spacial score (nSPS) is 10.1. The maximum atomic E-state index is 9.76. The molecule has 0 atom stereocenters. The molecule has 0 aromatic heterocycles. The number of ether oxygens (including phenoxy) is 2. The molecule has 0 unspecified atom stereocenters. The summed E-state index contributed by atoms with van der Waals surface area (Å²) in [5.41, 5.74) is 2.20. The minimum atomic E-state index is -1.50. The van der Waals surface area contributed by atoms with Gasteiger partial charge in [-0.3, -0.25) is 0 Å². The van der Waals surface area contributed by atoms with Gasteiger partial charge >= 0.3 is 0 Å². The largest absolute Gasteiger partial charge is 0.388 e. The molecule has 2 aromatic carbocycles. The summed E-state index contributed by atoms with van der Waals surface area (Å²) in [5.74, 6) is 0. The van der Waals surface area contributed by atoms with Gasteiger partial charge in [-0.2, -0.15) is 0 Å². The van der Waals surface area contributed by atoms with E-state index in [0.717, 1.165) is 11.1 Å². The molecular formula is C17H21NO6. The van der Waals surface area contributed by atoms with Crippen LogP contribution in [0.1, 0.15) is 11.1 Å². The lowest BCUT2D eigenvalue weighted by Crippen LogP contribution is -2.21. The third kappa shape index (κ3) is 10.3. The highest BCUT2D eigenvalue weighted by atomic mass is 16.9. The van der Waals surface area contributed by atoms with Gasteiger partial charge in [-0.15, -0.1) is 10.1 Å². The first-order valence-corrected chi connectivity index (χ1v) is 7.32. The van der Waals surface area contributed by atoms with Crippen LogP contribution in [0.2, 0.25) is 0 Å². The zero-order valence-corrected chi connectivity index (χ0v) is 13.2. The SMILES string of the molecule is O=[N+]([O-])O.OC(COCc1ccccc1)COCc1ccccc1. The number of hydrogen-bond donors (Lipinski definition) is 2. The third-order valence-electron chi connectivity index (χ3n) is 2.84. The highest BCUT2D eigenvalue weighted by molar-refractivity contribution is 5.14. The molecule has 130 valence electrons. The number of hydrogen-bond acceptors (Lipinski definition) is 5. The summed E-state index contributed by atoms with van der Waals surface area (Å²) in [5, 5.41) is 23.4. The molecule has 24 heavy (non-hydrogen) atoms. The Balaban J connectivity index is 0.000000648. The first-order chi connectivity index (χ1) is 11.6. The van der Waals surface area contributed by atoms with Crippen molar-refractivity contribution in [2.75, 3.05) is 13.2 Å². The monoisotopic (exact) mass is 335 g/mol. The summed E-state index contributed by atoms with van der Waals surface area (Å²) in [6, 6.07) is 19.8. The van der Waals surface area contributed by atoms with E-state index in [2.05, 4.69) is 0 Å². The topological polar surface area (TPSA) is 102 Å². The Morgan fingerprint density at radius 2 is 1.21 bits per heavy atom. The number of nitrogens with zero attached hydrogens (tertiary/aromatic N) is 1.